The van der Waals surface area contributed by atoms with E-state index in [2.05, 4.69) is 5.32 Å². The number of hydrogen-bond donors (Lipinski definition) is 1. The third-order valence-electron chi connectivity index (χ3n) is 5.37. The molecule has 8 heteroatoms. The van der Waals surface area contributed by atoms with E-state index in [1.54, 1.807) is 11.8 Å². The summed E-state index contributed by atoms with van der Waals surface area (Å²) < 4.78 is 10.3. The van der Waals surface area contributed by atoms with E-state index in [0.717, 1.165) is 5.56 Å². The average Bonchev–Trinajstić information content (AvgIpc) is 3.07. The molecule has 2 amide bonds. The molecule has 1 aliphatic carbocycles. The average molecular weight is 402 g/mol. The van der Waals surface area contributed by atoms with Crippen LogP contribution in [0.5, 0.6) is 0 Å². The molecule has 29 heavy (non-hydrogen) atoms. The monoisotopic (exact) mass is 402 g/mol. The Bertz CT molecular complexity index is 766. The van der Waals surface area contributed by atoms with Crippen molar-refractivity contribution in [3.63, 3.8) is 0 Å². The van der Waals surface area contributed by atoms with Crippen molar-refractivity contribution in [2.45, 2.75) is 51.3 Å². The van der Waals surface area contributed by atoms with Gasteiger partial charge in [0.1, 0.15) is 18.4 Å². The van der Waals surface area contributed by atoms with Crippen LogP contribution in [-0.4, -0.2) is 53.9 Å². The Morgan fingerprint density at radius 3 is 2.62 bits per heavy atom. The third kappa shape index (κ3) is 5.13. The topological polar surface area (TPSA) is 102 Å². The van der Waals surface area contributed by atoms with Gasteiger partial charge in [-0.15, -0.1) is 0 Å². The second-order valence-corrected chi connectivity index (χ2v) is 7.29. The first-order valence-electron chi connectivity index (χ1n) is 9.95. The number of likely N-dealkylation sites (tertiary alicyclic amines) is 1. The number of ketones is 1. The highest BCUT2D eigenvalue weighted by Crippen LogP contribution is 2.31. The summed E-state index contributed by atoms with van der Waals surface area (Å²) in [5.74, 6) is -1.35. The molecule has 0 aromatic heterocycles. The van der Waals surface area contributed by atoms with Gasteiger partial charge in [-0.3, -0.25) is 14.4 Å². The number of rotatable bonds is 6. The maximum Gasteiger partial charge on any atom is 0.408 e. The normalized spacial score (nSPS) is 24.3. The van der Waals surface area contributed by atoms with Gasteiger partial charge in [-0.05, 0) is 25.3 Å². The molecule has 8 nitrogen and oxygen atoms in total. The van der Waals surface area contributed by atoms with E-state index >= 15 is 0 Å². The zero-order valence-electron chi connectivity index (χ0n) is 16.5. The number of carbonyl (C=O) groups excluding carboxylic acids is 4. The molecule has 1 aromatic rings. The van der Waals surface area contributed by atoms with Gasteiger partial charge in [0.25, 0.3) is 0 Å². The maximum atomic E-state index is 12.8. The van der Waals surface area contributed by atoms with Gasteiger partial charge in [0, 0.05) is 25.4 Å². The van der Waals surface area contributed by atoms with Gasteiger partial charge in [-0.25, -0.2) is 4.79 Å². The third-order valence-corrected chi connectivity index (χ3v) is 5.37. The number of ether oxygens (including phenoxy) is 2. The van der Waals surface area contributed by atoms with Crippen LogP contribution in [0.4, 0.5) is 4.79 Å². The molecule has 1 aromatic carbocycles. The molecule has 1 heterocycles. The molecule has 1 aliphatic heterocycles. The number of carbonyl (C=O) groups is 4. The quantitative estimate of drug-likeness (QED) is 0.728. The molecule has 3 rings (SSSR count). The van der Waals surface area contributed by atoms with E-state index in [1.165, 1.54) is 0 Å². The summed E-state index contributed by atoms with van der Waals surface area (Å²) in [6.07, 6.45) is 0.625. The fraction of sp³-hybridized carbons (Fsp3) is 0.524. The Morgan fingerprint density at radius 1 is 1.14 bits per heavy atom. The predicted molar refractivity (Wildman–Crippen MR) is 103 cm³/mol. The second kappa shape index (κ2) is 9.54. The number of nitrogens with one attached hydrogen (secondary N) is 1. The second-order valence-electron chi connectivity index (χ2n) is 7.29. The summed E-state index contributed by atoms with van der Waals surface area (Å²) in [4.78, 5) is 50.7. The van der Waals surface area contributed by atoms with Gasteiger partial charge in [-0.2, -0.15) is 0 Å². The fourth-order valence-electron chi connectivity index (χ4n) is 3.93. The molecular weight excluding hydrogens is 376 g/mol. The van der Waals surface area contributed by atoms with Crippen molar-refractivity contribution in [3.05, 3.63) is 35.9 Å². The summed E-state index contributed by atoms with van der Waals surface area (Å²) in [7, 11) is 0. The Labute approximate surface area is 169 Å². The number of nitrogens with zero attached hydrogens (tertiary/aromatic N) is 1. The van der Waals surface area contributed by atoms with Crippen LogP contribution in [0.1, 0.15) is 38.2 Å². The standard InChI is InChI=1S/C21H26N2O6/c1-2-28-20(26)16-12-15(24)8-9-18(16)23-11-10-17(19(23)25)22-21(27)29-13-14-6-4-3-5-7-14/h3-7,16-18H,2,8-13H2,1H3,(H,22,27)/t16-,17-,18+/m1/s1. The molecule has 0 spiro atoms. The number of benzene rings is 1. The van der Waals surface area contributed by atoms with Crippen LogP contribution in [0.2, 0.25) is 0 Å². The molecule has 156 valence electrons. The van der Waals surface area contributed by atoms with Gasteiger partial charge in [0.2, 0.25) is 5.91 Å². The Balaban J connectivity index is 1.57. The largest absolute Gasteiger partial charge is 0.466 e. The molecule has 0 unspecified atom stereocenters. The Morgan fingerprint density at radius 2 is 1.90 bits per heavy atom. The molecule has 2 fully saturated rings. The maximum absolute atomic E-state index is 12.8. The first-order valence-corrected chi connectivity index (χ1v) is 9.95. The molecule has 0 radical (unpaired) electrons. The van der Waals surface area contributed by atoms with Crippen molar-refractivity contribution in [2.24, 2.45) is 5.92 Å². The number of Topliss-reactive ketones (excluding diaryl/α,β-unsaturated/α-hetero) is 1. The van der Waals surface area contributed by atoms with Crippen LogP contribution in [0.15, 0.2) is 30.3 Å². The predicted octanol–water partition coefficient (Wildman–Crippen LogP) is 1.81. The van der Waals surface area contributed by atoms with Gasteiger partial charge in [0.15, 0.2) is 0 Å². The van der Waals surface area contributed by atoms with Gasteiger partial charge in [0.05, 0.1) is 12.5 Å². The molecule has 1 saturated carbocycles. The van der Waals surface area contributed by atoms with Crippen LogP contribution >= 0.6 is 0 Å². The minimum absolute atomic E-state index is 0.00473. The van der Waals surface area contributed by atoms with Gasteiger partial charge in [-0.1, -0.05) is 30.3 Å². The van der Waals surface area contributed by atoms with E-state index in [-0.39, 0.29) is 37.4 Å². The van der Waals surface area contributed by atoms with Crippen molar-refractivity contribution in [1.82, 2.24) is 10.2 Å². The minimum atomic E-state index is -0.696. The van der Waals surface area contributed by atoms with Crippen molar-refractivity contribution < 1.29 is 28.7 Å². The number of hydrogen-bond acceptors (Lipinski definition) is 6. The van der Waals surface area contributed by atoms with Crippen molar-refractivity contribution in [2.75, 3.05) is 13.2 Å². The smallest absolute Gasteiger partial charge is 0.408 e. The summed E-state index contributed by atoms with van der Waals surface area (Å²) in [5.41, 5.74) is 0.853. The summed E-state index contributed by atoms with van der Waals surface area (Å²) in [6, 6.07) is 8.18. The summed E-state index contributed by atoms with van der Waals surface area (Å²) in [5, 5.41) is 2.61. The number of esters is 1. The van der Waals surface area contributed by atoms with Crippen LogP contribution in [-0.2, 0) is 30.5 Å². The van der Waals surface area contributed by atoms with E-state index in [0.29, 0.717) is 25.8 Å². The molecule has 0 bridgehead atoms. The van der Waals surface area contributed by atoms with Crippen LogP contribution in [0, 0.1) is 5.92 Å². The van der Waals surface area contributed by atoms with Crippen molar-refractivity contribution in [3.8, 4) is 0 Å². The van der Waals surface area contributed by atoms with E-state index in [1.807, 2.05) is 30.3 Å². The first-order chi connectivity index (χ1) is 14.0. The lowest BCUT2D eigenvalue weighted by Gasteiger charge is -2.36. The van der Waals surface area contributed by atoms with E-state index in [9.17, 15) is 19.2 Å². The van der Waals surface area contributed by atoms with Crippen LogP contribution in [0.25, 0.3) is 0 Å². The van der Waals surface area contributed by atoms with Gasteiger partial charge < -0.3 is 19.7 Å². The SMILES string of the molecule is CCOC(=O)[C@@H]1CC(=O)CC[C@@H]1N1CC[C@@H](NC(=O)OCc2ccccc2)C1=O. The van der Waals surface area contributed by atoms with E-state index < -0.39 is 24.0 Å². The molecule has 3 atom stereocenters. The van der Waals surface area contributed by atoms with Crippen LogP contribution in [0.3, 0.4) is 0 Å². The molecular formula is C21H26N2O6. The Hall–Kier alpha value is -2.90. The van der Waals surface area contributed by atoms with Gasteiger partial charge >= 0.3 is 12.1 Å². The lowest BCUT2D eigenvalue weighted by Crippen LogP contribution is -2.51. The Kier molecular flexibility index (Phi) is 6.85. The van der Waals surface area contributed by atoms with Crippen molar-refractivity contribution >= 4 is 23.8 Å². The minimum Gasteiger partial charge on any atom is -0.466 e. The number of amides is 2. The van der Waals surface area contributed by atoms with Crippen molar-refractivity contribution in [1.29, 1.82) is 0 Å². The zero-order chi connectivity index (χ0) is 20.8. The summed E-state index contributed by atoms with van der Waals surface area (Å²) >= 11 is 0. The molecule has 1 saturated heterocycles. The lowest BCUT2D eigenvalue weighted by molar-refractivity contribution is -0.155. The highest BCUT2D eigenvalue weighted by molar-refractivity contribution is 5.90. The highest BCUT2D eigenvalue weighted by Gasteiger charge is 2.45. The zero-order valence-corrected chi connectivity index (χ0v) is 16.5. The van der Waals surface area contributed by atoms with Crippen LogP contribution < -0.4 is 5.32 Å². The molecule has 1 N–H and O–H groups in total. The van der Waals surface area contributed by atoms with E-state index in [4.69, 9.17) is 9.47 Å². The first kappa shape index (κ1) is 20.8. The summed E-state index contributed by atoms with van der Waals surface area (Å²) in [6.45, 7) is 2.46. The molecule has 2 aliphatic rings. The fourth-order valence-corrected chi connectivity index (χ4v) is 3.93. The highest BCUT2D eigenvalue weighted by atomic mass is 16.5. The lowest BCUT2D eigenvalue weighted by atomic mass is 9.83. The number of alkyl carbamates (subject to hydrolysis) is 1.